The molecule has 3 nitrogen and oxygen atoms in total. The summed E-state index contributed by atoms with van der Waals surface area (Å²) in [5, 5.41) is 0. The molecule has 3 rings (SSSR count). The molecule has 0 N–H and O–H groups in total. The number of aryl methyl sites for hydroxylation is 2. The van der Waals surface area contributed by atoms with Crippen molar-refractivity contribution >= 4 is 0 Å². The molecular weight excluding hydrogens is 380 g/mol. The van der Waals surface area contributed by atoms with E-state index >= 15 is 0 Å². The Balaban J connectivity index is 1.35. The summed E-state index contributed by atoms with van der Waals surface area (Å²) in [5.41, 5.74) is 2.71. The Morgan fingerprint density at radius 2 is 1.35 bits per heavy atom. The molecule has 1 fully saturated rings. The highest BCUT2D eigenvalue weighted by Gasteiger charge is 2.24. The molecule has 1 aliphatic carbocycles. The van der Waals surface area contributed by atoms with Gasteiger partial charge in [-0.25, -0.2) is 9.97 Å². The number of aromatic nitrogens is 2. The van der Waals surface area contributed by atoms with Gasteiger partial charge in [0.15, 0.2) is 0 Å². The lowest BCUT2D eigenvalue weighted by Gasteiger charge is -2.27. The van der Waals surface area contributed by atoms with Crippen molar-refractivity contribution in [1.29, 1.82) is 0 Å². The van der Waals surface area contributed by atoms with E-state index in [2.05, 4.69) is 50.5 Å². The molecule has 0 spiro atoms. The van der Waals surface area contributed by atoms with Gasteiger partial charge in [-0.15, -0.1) is 0 Å². The van der Waals surface area contributed by atoms with Crippen LogP contribution in [0.25, 0.3) is 0 Å². The molecule has 1 aromatic carbocycles. The second-order valence-electron chi connectivity index (χ2n) is 9.39. The van der Waals surface area contributed by atoms with Gasteiger partial charge in [0.25, 0.3) is 0 Å². The van der Waals surface area contributed by atoms with E-state index in [9.17, 15) is 0 Å². The van der Waals surface area contributed by atoms with E-state index in [1.165, 1.54) is 88.2 Å². The van der Waals surface area contributed by atoms with Crippen LogP contribution in [0.3, 0.4) is 0 Å². The van der Waals surface area contributed by atoms with Crippen LogP contribution in [0.4, 0.5) is 0 Å². The molecule has 0 bridgehead atoms. The van der Waals surface area contributed by atoms with Crippen LogP contribution >= 0.6 is 0 Å². The van der Waals surface area contributed by atoms with E-state index in [0.717, 1.165) is 24.6 Å². The third-order valence-corrected chi connectivity index (χ3v) is 6.73. The van der Waals surface area contributed by atoms with Gasteiger partial charge in [0.1, 0.15) is 11.6 Å². The van der Waals surface area contributed by atoms with Crippen LogP contribution in [0.2, 0.25) is 0 Å². The molecule has 1 saturated carbocycles. The van der Waals surface area contributed by atoms with Crippen molar-refractivity contribution in [2.24, 2.45) is 5.92 Å². The van der Waals surface area contributed by atoms with Crippen molar-refractivity contribution in [1.82, 2.24) is 9.97 Å². The molecule has 1 aliphatic rings. The van der Waals surface area contributed by atoms with Gasteiger partial charge in [0.2, 0.25) is 0 Å². The Morgan fingerprint density at radius 1 is 0.742 bits per heavy atom. The minimum Gasteiger partial charge on any atom is -0.493 e. The summed E-state index contributed by atoms with van der Waals surface area (Å²) in [7, 11) is 0. The third-order valence-electron chi connectivity index (χ3n) is 6.73. The Labute approximate surface area is 190 Å². The molecule has 3 heteroatoms. The Bertz CT molecular complexity index is 718. The first kappa shape index (κ1) is 23.8. The van der Waals surface area contributed by atoms with Gasteiger partial charge in [-0.3, -0.25) is 0 Å². The third kappa shape index (κ3) is 8.27. The quantitative estimate of drug-likeness (QED) is 0.310. The Kier molecular flexibility index (Phi) is 10.3. The van der Waals surface area contributed by atoms with Gasteiger partial charge in [0, 0.05) is 18.3 Å². The van der Waals surface area contributed by atoms with Crippen LogP contribution in [-0.2, 0) is 12.8 Å². The van der Waals surface area contributed by atoms with E-state index in [4.69, 9.17) is 14.7 Å². The number of nitrogens with zero attached hydrogens (tertiary/aromatic N) is 2. The highest BCUT2D eigenvalue weighted by atomic mass is 16.5. The van der Waals surface area contributed by atoms with Crippen LogP contribution < -0.4 is 4.74 Å². The summed E-state index contributed by atoms with van der Waals surface area (Å²) < 4.78 is 6.11. The van der Waals surface area contributed by atoms with Crippen LogP contribution in [0.5, 0.6) is 5.75 Å². The first-order valence-corrected chi connectivity index (χ1v) is 12.8. The number of hydrogen-bond donors (Lipinski definition) is 0. The first-order valence-electron chi connectivity index (χ1n) is 12.8. The fourth-order valence-corrected chi connectivity index (χ4v) is 4.59. The van der Waals surface area contributed by atoms with Crippen LogP contribution in [-0.4, -0.2) is 16.6 Å². The summed E-state index contributed by atoms with van der Waals surface area (Å²) in [4.78, 5) is 9.42. The Hall–Kier alpha value is -1.90. The maximum Gasteiger partial charge on any atom is 0.131 e. The van der Waals surface area contributed by atoms with Gasteiger partial charge in [-0.2, -0.15) is 0 Å². The lowest BCUT2D eigenvalue weighted by Crippen LogP contribution is -2.20. The number of rotatable bonds is 13. The summed E-state index contributed by atoms with van der Waals surface area (Å²) in [6.45, 7) is 5.34. The van der Waals surface area contributed by atoms with Crippen molar-refractivity contribution in [2.75, 3.05) is 6.61 Å². The highest BCUT2D eigenvalue weighted by Crippen LogP contribution is 2.34. The minimum atomic E-state index is 0.521. The average Bonchev–Trinajstić information content (AvgIpc) is 2.82. The van der Waals surface area contributed by atoms with Gasteiger partial charge in [0.05, 0.1) is 6.61 Å². The second kappa shape index (κ2) is 13.5. The van der Waals surface area contributed by atoms with Crippen LogP contribution in [0.15, 0.2) is 36.7 Å². The van der Waals surface area contributed by atoms with E-state index < -0.39 is 0 Å². The number of unbranched alkanes of at least 4 members (excludes halogenated alkanes) is 5. The smallest absolute Gasteiger partial charge is 0.131 e. The zero-order chi connectivity index (χ0) is 21.7. The van der Waals surface area contributed by atoms with E-state index in [-0.39, 0.29) is 0 Å². The first-order chi connectivity index (χ1) is 15.3. The highest BCUT2D eigenvalue weighted by molar-refractivity contribution is 5.27. The largest absolute Gasteiger partial charge is 0.493 e. The molecule has 1 aromatic heterocycles. The van der Waals surface area contributed by atoms with Gasteiger partial charge in [-0.05, 0) is 80.5 Å². The molecule has 0 saturated heterocycles. The molecule has 170 valence electrons. The van der Waals surface area contributed by atoms with Crippen molar-refractivity contribution in [2.45, 2.75) is 103 Å². The van der Waals surface area contributed by atoms with Crippen molar-refractivity contribution in [3.63, 3.8) is 0 Å². The minimum absolute atomic E-state index is 0.521. The lowest BCUT2D eigenvalue weighted by molar-refractivity contribution is 0.198. The monoisotopic (exact) mass is 422 g/mol. The summed E-state index contributed by atoms with van der Waals surface area (Å²) in [5.74, 6) is 3.24. The Morgan fingerprint density at radius 3 is 2.03 bits per heavy atom. The van der Waals surface area contributed by atoms with Crippen molar-refractivity contribution < 1.29 is 4.74 Å². The molecule has 31 heavy (non-hydrogen) atoms. The normalized spacial score (nSPS) is 18.8. The standard InChI is InChI=1S/C28H42N2O/c1-3-5-7-9-11-25-20-29-28(30-21-25)26-16-12-24(13-17-26)22-31-27-18-14-23(15-19-27)10-8-6-4-2/h14-15,18-21,24,26H,3-13,16-17,22H2,1-2H3. The fraction of sp³-hybridized carbons (Fsp3) is 0.643. The predicted molar refractivity (Wildman–Crippen MR) is 130 cm³/mol. The summed E-state index contributed by atoms with van der Waals surface area (Å²) in [6, 6.07) is 8.74. The zero-order valence-corrected chi connectivity index (χ0v) is 19.8. The van der Waals surface area contributed by atoms with Crippen LogP contribution in [0.1, 0.15) is 107 Å². The molecular formula is C28H42N2O. The number of hydrogen-bond acceptors (Lipinski definition) is 3. The number of ether oxygens (including phenoxy) is 1. The predicted octanol–water partition coefficient (Wildman–Crippen LogP) is 7.68. The van der Waals surface area contributed by atoms with E-state index in [0.29, 0.717) is 11.8 Å². The van der Waals surface area contributed by atoms with Gasteiger partial charge in [-0.1, -0.05) is 58.1 Å². The number of benzene rings is 1. The molecule has 0 radical (unpaired) electrons. The van der Waals surface area contributed by atoms with Gasteiger partial charge >= 0.3 is 0 Å². The van der Waals surface area contributed by atoms with E-state index in [1.807, 2.05) is 0 Å². The molecule has 0 amide bonds. The van der Waals surface area contributed by atoms with Crippen molar-refractivity contribution in [3.05, 3.63) is 53.6 Å². The second-order valence-corrected chi connectivity index (χ2v) is 9.39. The molecule has 0 aliphatic heterocycles. The molecule has 1 heterocycles. The topological polar surface area (TPSA) is 35.0 Å². The fourth-order valence-electron chi connectivity index (χ4n) is 4.59. The SMILES string of the molecule is CCCCCCc1cnc(C2CCC(COc3ccc(CCCCC)cc3)CC2)nc1. The van der Waals surface area contributed by atoms with Gasteiger partial charge < -0.3 is 4.74 Å². The molecule has 0 unspecified atom stereocenters. The maximum absolute atomic E-state index is 6.11. The molecule has 2 aromatic rings. The maximum atomic E-state index is 6.11. The average molecular weight is 423 g/mol. The lowest BCUT2D eigenvalue weighted by atomic mass is 9.82. The van der Waals surface area contributed by atoms with E-state index in [1.54, 1.807) is 0 Å². The van der Waals surface area contributed by atoms with Crippen molar-refractivity contribution in [3.8, 4) is 5.75 Å². The summed E-state index contributed by atoms with van der Waals surface area (Å²) in [6.07, 6.45) is 20.3. The molecule has 0 atom stereocenters. The zero-order valence-electron chi connectivity index (χ0n) is 19.8. The summed E-state index contributed by atoms with van der Waals surface area (Å²) >= 11 is 0. The van der Waals surface area contributed by atoms with Crippen LogP contribution in [0, 0.1) is 5.92 Å².